The standard InChI is InChI=1S/C18H23NO4/c1-8-14-9-13(11-16(20)22-7)10-15(12(14)2)19(6)17(21)23-18(3,4)5/h1,9-10H,11H2,2-7H3. The Kier molecular flexibility index (Phi) is 5.80. The van der Waals surface area contributed by atoms with Crippen LogP contribution < -0.4 is 4.90 Å². The first-order chi connectivity index (χ1) is 10.6. The van der Waals surface area contributed by atoms with Crippen molar-refractivity contribution < 1.29 is 19.1 Å². The summed E-state index contributed by atoms with van der Waals surface area (Å²) in [5, 5.41) is 0. The molecule has 1 rings (SSSR count). The Balaban J connectivity index is 3.23. The number of benzene rings is 1. The van der Waals surface area contributed by atoms with Crippen LogP contribution in [0.4, 0.5) is 10.5 Å². The van der Waals surface area contributed by atoms with Gasteiger partial charge in [-0.3, -0.25) is 9.69 Å². The van der Waals surface area contributed by atoms with Crippen LogP contribution in [0.2, 0.25) is 0 Å². The van der Waals surface area contributed by atoms with Crippen LogP contribution in [-0.2, 0) is 20.7 Å². The van der Waals surface area contributed by atoms with Gasteiger partial charge in [0.1, 0.15) is 5.60 Å². The highest BCUT2D eigenvalue weighted by Gasteiger charge is 2.22. The number of nitrogens with zero attached hydrogens (tertiary/aromatic N) is 1. The predicted octanol–water partition coefficient (Wildman–Crippen LogP) is 3.06. The molecule has 0 fully saturated rings. The first kappa shape index (κ1) is 18.6. The van der Waals surface area contributed by atoms with E-state index in [0.717, 1.165) is 5.56 Å². The largest absolute Gasteiger partial charge is 0.469 e. The molecular weight excluding hydrogens is 294 g/mol. The third-order valence-corrected chi connectivity index (χ3v) is 3.20. The highest BCUT2D eigenvalue weighted by Crippen LogP contribution is 2.26. The maximum Gasteiger partial charge on any atom is 0.414 e. The summed E-state index contributed by atoms with van der Waals surface area (Å²) >= 11 is 0. The second kappa shape index (κ2) is 7.19. The summed E-state index contributed by atoms with van der Waals surface area (Å²) in [6.45, 7) is 7.22. The highest BCUT2D eigenvalue weighted by molar-refractivity contribution is 5.89. The van der Waals surface area contributed by atoms with E-state index in [9.17, 15) is 9.59 Å². The number of hydrogen-bond acceptors (Lipinski definition) is 4. The molecule has 1 aromatic rings. The SMILES string of the molecule is C#Cc1cc(CC(=O)OC)cc(N(C)C(=O)OC(C)(C)C)c1C. The first-order valence-electron chi connectivity index (χ1n) is 7.22. The van der Waals surface area contributed by atoms with Crippen molar-refractivity contribution in [1.82, 2.24) is 0 Å². The summed E-state index contributed by atoms with van der Waals surface area (Å²) < 4.78 is 10.0. The number of esters is 1. The van der Waals surface area contributed by atoms with E-state index >= 15 is 0 Å². The molecule has 0 heterocycles. The smallest absolute Gasteiger partial charge is 0.414 e. The topological polar surface area (TPSA) is 55.8 Å². The van der Waals surface area contributed by atoms with Gasteiger partial charge in [0.2, 0.25) is 0 Å². The quantitative estimate of drug-likeness (QED) is 0.635. The molecule has 0 aliphatic rings. The third kappa shape index (κ3) is 5.03. The fraction of sp³-hybridized carbons (Fsp3) is 0.444. The molecule has 124 valence electrons. The summed E-state index contributed by atoms with van der Waals surface area (Å²) in [5.41, 5.74) is 2.08. The summed E-state index contributed by atoms with van der Waals surface area (Å²) in [5.74, 6) is 2.21. The molecule has 0 aliphatic heterocycles. The van der Waals surface area contributed by atoms with E-state index in [2.05, 4.69) is 10.7 Å². The second-order valence-electron chi connectivity index (χ2n) is 6.22. The number of ether oxygens (including phenoxy) is 2. The maximum atomic E-state index is 12.3. The molecule has 0 saturated heterocycles. The molecule has 5 nitrogen and oxygen atoms in total. The molecule has 0 aromatic heterocycles. The van der Waals surface area contributed by atoms with E-state index in [1.807, 2.05) is 6.92 Å². The minimum atomic E-state index is -0.599. The van der Waals surface area contributed by atoms with Gasteiger partial charge in [-0.2, -0.15) is 0 Å². The van der Waals surface area contributed by atoms with Crippen LogP contribution in [0, 0.1) is 19.3 Å². The zero-order valence-electron chi connectivity index (χ0n) is 14.5. The lowest BCUT2D eigenvalue weighted by atomic mass is 10.0. The van der Waals surface area contributed by atoms with Crippen molar-refractivity contribution in [2.45, 2.75) is 39.7 Å². The normalized spacial score (nSPS) is 10.7. The Morgan fingerprint density at radius 2 is 1.91 bits per heavy atom. The monoisotopic (exact) mass is 317 g/mol. The van der Waals surface area contributed by atoms with Crippen LogP contribution in [0.15, 0.2) is 12.1 Å². The van der Waals surface area contributed by atoms with E-state index < -0.39 is 11.7 Å². The maximum absolute atomic E-state index is 12.3. The van der Waals surface area contributed by atoms with Crippen molar-refractivity contribution in [3.05, 3.63) is 28.8 Å². The summed E-state index contributed by atoms with van der Waals surface area (Å²) in [7, 11) is 2.94. The first-order valence-corrected chi connectivity index (χ1v) is 7.22. The van der Waals surface area contributed by atoms with Crippen LogP contribution in [-0.4, -0.2) is 31.8 Å². The Morgan fingerprint density at radius 3 is 2.39 bits per heavy atom. The van der Waals surface area contributed by atoms with Crippen molar-refractivity contribution in [2.75, 3.05) is 19.1 Å². The average molecular weight is 317 g/mol. The lowest BCUT2D eigenvalue weighted by molar-refractivity contribution is -0.139. The van der Waals surface area contributed by atoms with Gasteiger partial charge in [-0.15, -0.1) is 6.42 Å². The summed E-state index contributed by atoms with van der Waals surface area (Å²) in [6.07, 6.45) is 5.13. The van der Waals surface area contributed by atoms with Crippen LogP contribution >= 0.6 is 0 Å². The zero-order chi connectivity index (χ0) is 17.8. The van der Waals surface area contributed by atoms with E-state index in [0.29, 0.717) is 16.8 Å². The molecule has 1 aromatic carbocycles. The number of anilines is 1. The number of hydrogen-bond donors (Lipinski definition) is 0. The lowest BCUT2D eigenvalue weighted by Gasteiger charge is -2.26. The van der Waals surface area contributed by atoms with Gasteiger partial charge < -0.3 is 9.47 Å². The lowest BCUT2D eigenvalue weighted by Crippen LogP contribution is -2.34. The number of carbonyl (C=O) groups is 2. The molecule has 0 radical (unpaired) electrons. The molecule has 0 unspecified atom stereocenters. The molecule has 23 heavy (non-hydrogen) atoms. The van der Waals surface area contributed by atoms with Crippen LogP contribution in [0.25, 0.3) is 0 Å². The predicted molar refractivity (Wildman–Crippen MR) is 89.5 cm³/mol. The van der Waals surface area contributed by atoms with Crippen molar-refractivity contribution in [2.24, 2.45) is 0 Å². The van der Waals surface area contributed by atoms with Gasteiger partial charge >= 0.3 is 12.1 Å². The molecule has 0 N–H and O–H groups in total. The fourth-order valence-corrected chi connectivity index (χ4v) is 2.03. The van der Waals surface area contributed by atoms with E-state index in [-0.39, 0.29) is 12.4 Å². The molecule has 1 amide bonds. The number of rotatable bonds is 3. The number of methoxy groups -OCH3 is 1. The molecular formula is C18H23NO4. The molecule has 0 bridgehead atoms. The zero-order valence-corrected chi connectivity index (χ0v) is 14.5. The minimum absolute atomic E-state index is 0.0839. The van der Waals surface area contributed by atoms with Crippen molar-refractivity contribution in [3.63, 3.8) is 0 Å². The molecule has 0 aliphatic carbocycles. The Hall–Kier alpha value is -2.48. The van der Waals surface area contributed by atoms with Gasteiger partial charge in [0.25, 0.3) is 0 Å². The van der Waals surface area contributed by atoms with Gasteiger partial charge in [0.05, 0.1) is 19.2 Å². The fourth-order valence-electron chi connectivity index (χ4n) is 2.03. The summed E-state index contributed by atoms with van der Waals surface area (Å²) in [4.78, 5) is 25.1. The van der Waals surface area contributed by atoms with E-state index in [4.69, 9.17) is 11.2 Å². The second-order valence-corrected chi connectivity index (χ2v) is 6.22. The van der Waals surface area contributed by atoms with Gasteiger partial charge in [0, 0.05) is 12.6 Å². The van der Waals surface area contributed by atoms with Crippen LogP contribution in [0.3, 0.4) is 0 Å². The van der Waals surface area contributed by atoms with Crippen LogP contribution in [0.1, 0.15) is 37.5 Å². The Bertz CT molecular complexity index is 650. The molecule has 0 atom stereocenters. The molecule has 5 heteroatoms. The van der Waals surface area contributed by atoms with Crippen molar-refractivity contribution >= 4 is 17.7 Å². The molecule has 0 saturated carbocycles. The number of carbonyl (C=O) groups excluding carboxylic acids is 2. The van der Waals surface area contributed by atoms with E-state index in [1.165, 1.54) is 12.0 Å². The Morgan fingerprint density at radius 1 is 1.30 bits per heavy atom. The van der Waals surface area contributed by atoms with Gasteiger partial charge in [-0.05, 0) is 51.0 Å². The summed E-state index contributed by atoms with van der Waals surface area (Å²) in [6, 6.07) is 3.50. The van der Waals surface area contributed by atoms with Gasteiger partial charge in [-0.25, -0.2) is 4.79 Å². The average Bonchev–Trinajstić information content (AvgIpc) is 2.46. The van der Waals surface area contributed by atoms with E-state index in [1.54, 1.807) is 40.0 Å². The van der Waals surface area contributed by atoms with Gasteiger partial charge in [0.15, 0.2) is 0 Å². The highest BCUT2D eigenvalue weighted by atomic mass is 16.6. The van der Waals surface area contributed by atoms with Crippen molar-refractivity contribution in [3.8, 4) is 12.3 Å². The number of amides is 1. The molecule has 0 spiro atoms. The van der Waals surface area contributed by atoms with Gasteiger partial charge in [-0.1, -0.05) is 5.92 Å². The number of terminal acetylenes is 1. The third-order valence-electron chi connectivity index (χ3n) is 3.20. The van der Waals surface area contributed by atoms with Crippen molar-refractivity contribution in [1.29, 1.82) is 0 Å². The Labute approximate surface area is 137 Å². The van der Waals surface area contributed by atoms with Crippen LogP contribution in [0.5, 0.6) is 0 Å². The minimum Gasteiger partial charge on any atom is -0.469 e.